The van der Waals surface area contributed by atoms with Crippen LogP contribution >= 0.6 is 11.3 Å². The standard InChI is InChI=1S/C14H21NO2S/c1-11-7-9-18-13(11)10-15-8-5-3-2-4-6-12(15)14(16)17/h7,9,12H,2-6,8,10H2,1H3,(H,16,17). The largest absolute Gasteiger partial charge is 0.480 e. The molecule has 2 heterocycles. The third-order valence-electron chi connectivity index (χ3n) is 3.71. The van der Waals surface area contributed by atoms with Crippen LogP contribution in [-0.2, 0) is 11.3 Å². The van der Waals surface area contributed by atoms with E-state index in [1.54, 1.807) is 11.3 Å². The van der Waals surface area contributed by atoms with Gasteiger partial charge in [0.25, 0.3) is 0 Å². The van der Waals surface area contributed by atoms with Crippen LogP contribution < -0.4 is 0 Å². The Morgan fingerprint density at radius 1 is 1.44 bits per heavy atom. The number of nitrogens with zero attached hydrogens (tertiary/aromatic N) is 1. The van der Waals surface area contributed by atoms with E-state index in [4.69, 9.17) is 0 Å². The zero-order chi connectivity index (χ0) is 13.0. The molecule has 0 spiro atoms. The molecule has 18 heavy (non-hydrogen) atoms. The van der Waals surface area contributed by atoms with Gasteiger partial charge in [-0.3, -0.25) is 9.69 Å². The van der Waals surface area contributed by atoms with E-state index in [1.165, 1.54) is 23.3 Å². The van der Waals surface area contributed by atoms with Gasteiger partial charge in [0, 0.05) is 11.4 Å². The maximum atomic E-state index is 11.4. The summed E-state index contributed by atoms with van der Waals surface area (Å²) >= 11 is 1.73. The Morgan fingerprint density at radius 2 is 2.22 bits per heavy atom. The molecule has 1 saturated heterocycles. The molecule has 1 atom stereocenters. The van der Waals surface area contributed by atoms with Gasteiger partial charge in [0.2, 0.25) is 0 Å². The van der Waals surface area contributed by atoms with E-state index in [2.05, 4.69) is 23.3 Å². The summed E-state index contributed by atoms with van der Waals surface area (Å²) in [4.78, 5) is 14.9. The van der Waals surface area contributed by atoms with Crippen LogP contribution in [0.4, 0.5) is 0 Å². The summed E-state index contributed by atoms with van der Waals surface area (Å²) in [6.45, 7) is 3.81. The SMILES string of the molecule is Cc1ccsc1CN1CCCCCCC1C(=O)O. The van der Waals surface area contributed by atoms with Crippen molar-refractivity contribution >= 4 is 17.3 Å². The van der Waals surface area contributed by atoms with Gasteiger partial charge in [-0.15, -0.1) is 11.3 Å². The molecule has 0 aromatic carbocycles. The first-order chi connectivity index (χ1) is 8.68. The second-order valence-corrected chi connectivity index (χ2v) is 6.05. The van der Waals surface area contributed by atoms with Crippen LogP contribution in [0.2, 0.25) is 0 Å². The molecular weight excluding hydrogens is 246 g/mol. The molecule has 1 aliphatic rings. The van der Waals surface area contributed by atoms with Gasteiger partial charge in [-0.2, -0.15) is 0 Å². The first-order valence-electron chi connectivity index (χ1n) is 6.68. The Hall–Kier alpha value is -0.870. The lowest BCUT2D eigenvalue weighted by atomic mass is 10.0. The highest BCUT2D eigenvalue weighted by Crippen LogP contribution is 2.23. The van der Waals surface area contributed by atoms with E-state index in [-0.39, 0.29) is 6.04 Å². The molecule has 1 unspecified atom stereocenters. The highest BCUT2D eigenvalue weighted by atomic mass is 32.1. The first-order valence-corrected chi connectivity index (χ1v) is 7.56. The quantitative estimate of drug-likeness (QED) is 0.913. The van der Waals surface area contributed by atoms with Crippen molar-refractivity contribution in [2.24, 2.45) is 0 Å². The third kappa shape index (κ3) is 3.33. The topological polar surface area (TPSA) is 40.5 Å². The predicted molar refractivity (Wildman–Crippen MR) is 74.0 cm³/mol. The van der Waals surface area contributed by atoms with Crippen LogP contribution in [-0.4, -0.2) is 28.6 Å². The smallest absolute Gasteiger partial charge is 0.320 e. The lowest BCUT2D eigenvalue weighted by Gasteiger charge is -2.30. The fourth-order valence-electron chi connectivity index (χ4n) is 2.56. The zero-order valence-corrected chi connectivity index (χ0v) is 11.7. The number of carboxylic acid groups (broad SMARTS) is 1. The second kappa shape index (κ2) is 6.34. The average molecular weight is 267 g/mol. The summed E-state index contributed by atoms with van der Waals surface area (Å²) in [7, 11) is 0. The molecular formula is C14H21NO2S. The van der Waals surface area contributed by atoms with E-state index in [0.717, 1.165) is 32.4 Å². The maximum absolute atomic E-state index is 11.4. The maximum Gasteiger partial charge on any atom is 0.320 e. The summed E-state index contributed by atoms with van der Waals surface area (Å²) in [5.41, 5.74) is 1.28. The van der Waals surface area contributed by atoms with E-state index in [9.17, 15) is 9.90 Å². The van der Waals surface area contributed by atoms with Gasteiger partial charge < -0.3 is 5.11 Å². The fourth-order valence-corrected chi connectivity index (χ4v) is 3.49. The zero-order valence-electron chi connectivity index (χ0n) is 10.9. The molecule has 4 heteroatoms. The van der Waals surface area contributed by atoms with Crippen molar-refractivity contribution in [2.45, 2.75) is 51.6 Å². The Bertz CT molecular complexity index is 402. The number of carbonyl (C=O) groups is 1. The van der Waals surface area contributed by atoms with Crippen LogP contribution in [0.15, 0.2) is 11.4 Å². The molecule has 0 aliphatic carbocycles. The van der Waals surface area contributed by atoms with Crippen molar-refractivity contribution in [3.8, 4) is 0 Å². The van der Waals surface area contributed by atoms with E-state index >= 15 is 0 Å². The van der Waals surface area contributed by atoms with Crippen molar-refractivity contribution in [1.82, 2.24) is 4.90 Å². The molecule has 0 saturated carbocycles. The number of rotatable bonds is 3. The van der Waals surface area contributed by atoms with Gasteiger partial charge in [0.05, 0.1) is 0 Å². The Labute approximate surface area is 112 Å². The lowest BCUT2D eigenvalue weighted by molar-refractivity contribution is -0.144. The van der Waals surface area contributed by atoms with Crippen molar-refractivity contribution in [2.75, 3.05) is 6.54 Å². The number of aliphatic carboxylic acids is 1. The molecule has 2 rings (SSSR count). The minimum Gasteiger partial charge on any atom is -0.480 e. The molecule has 3 nitrogen and oxygen atoms in total. The van der Waals surface area contributed by atoms with Crippen molar-refractivity contribution in [3.05, 3.63) is 21.9 Å². The molecule has 1 aromatic heterocycles. The molecule has 0 radical (unpaired) electrons. The second-order valence-electron chi connectivity index (χ2n) is 5.05. The fraction of sp³-hybridized carbons (Fsp3) is 0.643. The Kier molecular flexibility index (Phi) is 4.78. The number of carboxylic acids is 1. The minimum absolute atomic E-state index is 0.299. The van der Waals surface area contributed by atoms with Gasteiger partial charge in [0.15, 0.2) is 0 Å². The van der Waals surface area contributed by atoms with Crippen LogP contribution in [0.25, 0.3) is 0 Å². The molecule has 1 fully saturated rings. The van der Waals surface area contributed by atoms with Crippen LogP contribution in [0, 0.1) is 6.92 Å². The first kappa shape index (κ1) is 13.6. The lowest BCUT2D eigenvalue weighted by Crippen LogP contribution is -2.42. The van der Waals surface area contributed by atoms with Crippen molar-refractivity contribution in [1.29, 1.82) is 0 Å². The molecule has 1 aromatic rings. The minimum atomic E-state index is -0.661. The van der Waals surface area contributed by atoms with E-state index < -0.39 is 5.97 Å². The van der Waals surface area contributed by atoms with Gasteiger partial charge in [0.1, 0.15) is 6.04 Å². The number of hydrogen-bond donors (Lipinski definition) is 1. The summed E-state index contributed by atoms with van der Waals surface area (Å²) in [6, 6.07) is 1.81. The van der Waals surface area contributed by atoms with Crippen molar-refractivity contribution in [3.63, 3.8) is 0 Å². The Balaban J connectivity index is 2.09. The number of thiophene rings is 1. The normalized spacial score (nSPS) is 22.4. The van der Waals surface area contributed by atoms with Crippen LogP contribution in [0.1, 0.15) is 42.5 Å². The summed E-state index contributed by atoms with van der Waals surface area (Å²) in [5, 5.41) is 11.5. The van der Waals surface area contributed by atoms with Gasteiger partial charge in [-0.05, 0) is 43.3 Å². The summed E-state index contributed by atoms with van der Waals surface area (Å²) < 4.78 is 0. The van der Waals surface area contributed by atoms with Gasteiger partial charge in [-0.1, -0.05) is 19.3 Å². The van der Waals surface area contributed by atoms with Gasteiger partial charge >= 0.3 is 5.97 Å². The summed E-state index contributed by atoms with van der Waals surface area (Å²) in [6.07, 6.45) is 5.35. The molecule has 0 amide bonds. The number of aryl methyl sites for hydroxylation is 1. The van der Waals surface area contributed by atoms with Crippen LogP contribution in [0.5, 0.6) is 0 Å². The molecule has 1 N–H and O–H groups in total. The third-order valence-corrected chi connectivity index (χ3v) is 4.72. The van der Waals surface area contributed by atoms with Crippen LogP contribution in [0.3, 0.4) is 0 Å². The molecule has 1 aliphatic heterocycles. The highest BCUT2D eigenvalue weighted by Gasteiger charge is 2.26. The molecule has 0 bridgehead atoms. The average Bonchev–Trinajstić information content (AvgIpc) is 2.68. The summed E-state index contributed by atoms with van der Waals surface area (Å²) in [5.74, 6) is -0.661. The van der Waals surface area contributed by atoms with E-state index in [1.807, 2.05) is 0 Å². The Morgan fingerprint density at radius 3 is 2.89 bits per heavy atom. The highest BCUT2D eigenvalue weighted by molar-refractivity contribution is 7.10. The number of hydrogen-bond acceptors (Lipinski definition) is 3. The molecule has 100 valence electrons. The number of likely N-dealkylation sites (tertiary alicyclic amines) is 1. The van der Waals surface area contributed by atoms with Gasteiger partial charge in [-0.25, -0.2) is 0 Å². The monoisotopic (exact) mass is 267 g/mol. The van der Waals surface area contributed by atoms with Crippen molar-refractivity contribution < 1.29 is 9.90 Å². The predicted octanol–water partition coefficient (Wildman–Crippen LogP) is 3.28. The van der Waals surface area contributed by atoms with E-state index in [0.29, 0.717) is 0 Å².